The van der Waals surface area contributed by atoms with Crippen LogP contribution in [-0.4, -0.2) is 16.5 Å². The van der Waals surface area contributed by atoms with Gasteiger partial charge in [0.05, 0.1) is 5.69 Å². The van der Waals surface area contributed by atoms with Gasteiger partial charge in [-0.15, -0.1) is 0 Å². The molecule has 0 fully saturated rings. The molecule has 0 bridgehead atoms. The number of benzene rings is 1. The van der Waals surface area contributed by atoms with E-state index in [4.69, 9.17) is 5.73 Å². The molecule has 0 saturated carbocycles. The molecular formula is C15H18FN3. The average molecular weight is 259 g/mol. The predicted molar refractivity (Wildman–Crippen MR) is 74.2 cm³/mol. The largest absolute Gasteiger partial charge is 0.329 e. The smallest absolute Gasteiger partial charge is 0.136 e. The van der Waals surface area contributed by atoms with Crippen LogP contribution in [0.5, 0.6) is 0 Å². The molecule has 1 aromatic heterocycles. The molecule has 2 rings (SSSR count). The van der Waals surface area contributed by atoms with E-state index in [0.29, 0.717) is 12.4 Å². The van der Waals surface area contributed by atoms with Crippen molar-refractivity contribution in [1.29, 1.82) is 0 Å². The fourth-order valence-electron chi connectivity index (χ4n) is 1.76. The van der Waals surface area contributed by atoms with Gasteiger partial charge in [0.1, 0.15) is 11.6 Å². The van der Waals surface area contributed by atoms with Gasteiger partial charge in [0.15, 0.2) is 0 Å². The van der Waals surface area contributed by atoms with Crippen LogP contribution >= 0.6 is 0 Å². The van der Waals surface area contributed by atoms with Crippen molar-refractivity contribution >= 4 is 0 Å². The highest BCUT2D eigenvalue weighted by Crippen LogP contribution is 2.23. The summed E-state index contributed by atoms with van der Waals surface area (Å²) in [5, 5.41) is 0. The Morgan fingerprint density at radius 1 is 1.21 bits per heavy atom. The topological polar surface area (TPSA) is 51.8 Å². The lowest BCUT2D eigenvalue weighted by Crippen LogP contribution is -2.30. The maximum absolute atomic E-state index is 13.3. The van der Waals surface area contributed by atoms with Gasteiger partial charge in [0.2, 0.25) is 0 Å². The Bertz CT molecular complexity index is 594. The monoisotopic (exact) mass is 259 g/mol. The van der Waals surface area contributed by atoms with E-state index >= 15 is 0 Å². The first-order chi connectivity index (χ1) is 8.92. The van der Waals surface area contributed by atoms with Gasteiger partial charge in [-0.05, 0) is 25.1 Å². The molecule has 2 N–H and O–H groups in total. The van der Waals surface area contributed by atoms with E-state index in [2.05, 4.69) is 9.97 Å². The first-order valence-electron chi connectivity index (χ1n) is 6.24. The van der Waals surface area contributed by atoms with Gasteiger partial charge in [0.25, 0.3) is 0 Å². The SMILES string of the molecule is Cc1cc(-c2cccc(F)c2)nc(C(C)(C)CN)n1. The summed E-state index contributed by atoms with van der Waals surface area (Å²) in [5.41, 5.74) is 7.79. The predicted octanol–water partition coefficient (Wildman–Crippen LogP) is 2.83. The Morgan fingerprint density at radius 2 is 1.95 bits per heavy atom. The van der Waals surface area contributed by atoms with Crippen molar-refractivity contribution in [2.24, 2.45) is 5.73 Å². The van der Waals surface area contributed by atoms with Crippen molar-refractivity contribution in [1.82, 2.24) is 9.97 Å². The van der Waals surface area contributed by atoms with Gasteiger partial charge in [-0.25, -0.2) is 14.4 Å². The van der Waals surface area contributed by atoms with Gasteiger partial charge in [-0.3, -0.25) is 0 Å². The number of rotatable bonds is 3. The summed E-state index contributed by atoms with van der Waals surface area (Å²) in [5.74, 6) is 0.419. The zero-order valence-corrected chi connectivity index (χ0v) is 11.4. The normalized spacial score (nSPS) is 11.6. The molecule has 0 aliphatic heterocycles. The van der Waals surface area contributed by atoms with Crippen LogP contribution in [0.2, 0.25) is 0 Å². The quantitative estimate of drug-likeness (QED) is 0.922. The second kappa shape index (κ2) is 5.05. The number of hydrogen-bond acceptors (Lipinski definition) is 3. The minimum absolute atomic E-state index is 0.270. The highest BCUT2D eigenvalue weighted by molar-refractivity contribution is 5.59. The van der Waals surface area contributed by atoms with Gasteiger partial charge in [-0.1, -0.05) is 26.0 Å². The summed E-state index contributed by atoms with van der Waals surface area (Å²) in [6.45, 7) is 6.36. The molecule has 0 aliphatic carbocycles. The number of aromatic nitrogens is 2. The highest BCUT2D eigenvalue weighted by Gasteiger charge is 2.23. The maximum atomic E-state index is 13.3. The Morgan fingerprint density at radius 3 is 2.58 bits per heavy atom. The van der Waals surface area contributed by atoms with E-state index in [-0.39, 0.29) is 11.2 Å². The first kappa shape index (κ1) is 13.6. The lowest BCUT2D eigenvalue weighted by Gasteiger charge is -2.21. The van der Waals surface area contributed by atoms with Gasteiger partial charge in [-0.2, -0.15) is 0 Å². The minimum atomic E-state index is -0.298. The van der Waals surface area contributed by atoms with Crippen LogP contribution in [0.3, 0.4) is 0 Å². The molecule has 0 spiro atoms. The average Bonchev–Trinajstić information content (AvgIpc) is 2.38. The molecule has 19 heavy (non-hydrogen) atoms. The molecule has 1 aromatic carbocycles. The van der Waals surface area contributed by atoms with Crippen molar-refractivity contribution in [3.8, 4) is 11.3 Å². The van der Waals surface area contributed by atoms with Crippen LogP contribution in [0.4, 0.5) is 4.39 Å². The summed E-state index contributed by atoms with van der Waals surface area (Å²) in [4.78, 5) is 8.97. The van der Waals surface area contributed by atoms with Gasteiger partial charge in [0, 0.05) is 23.2 Å². The highest BCUT2D eigenvalue weighted by atomic mass is 19.1. The number of nitrogens with zero attached hydrogens (tertiary/aromatic N) is 2. The van der Waals surface area contributed by atoms with Crippen molar-refractivity contribution in [2.45, 2.75) is 26.2 Å². The van der Waals surface area contributed by atoms with Crippen LogP contribution in [0.15, 0.2) is 30.3 Å². The molecule has 2 aromatic rings. The van der Waals surface area contributed by atoms with Crippen molar-refractivity contribution < 1.29 is 4.39 Å². The molecule has 0 amide bonds. The molecule has 100 valence electrons. The van der Waals surface area contributed by atoms with Gasteiger partial charge >= 0.3 is 0 Å². The molecule has 0 saturated heterocycles. The van der Waals surface area contributed by atoms with Crippen molar-refractivity contribution in [3.63, 3.8) is 0 Å². The number of hydrogen-bond donors (Lipinski definition) is 1. The summed E-state index contributed by atoms with van der Waals surface area (Å²) in [6.07, 6.45) is 0. The Kier molecular flexibility index (Phi) is 3.62. The number of nitrogens with two attached hydrogens (primary N) is 1. The molecule has 0 aliphatic rings. The third-order valence-corrected chi connectivity index (χ3v) is 3.09. The Balaban J connectivity index is 2.54. The van der Waals surface area contributed by atoms with Gasteiger partial charge < -0.3 is 5.73 Å². The molecule has 0 atom stereocenters. The zero-order valence-electron chi connectivity index (χ0n) is 11.4. The lowest BCUT2D eigenvalue weighted by atomic mass is 9.92. The van der Waals surface area contributed by atoms with Crippen molar-refractivity contribution in [2.75, 3.05) is 6.54 Å². The second-order valence-corrected chi connectivity index (χ2v) is 5.32. The van der Waals surface area contributed by atoms with Crippen LogP contribution in [0, 0.1) is 12.7 Å². The van der Waals surface area contributed by atoms with E-state index in [1.54, 1.807) is 6.07 Å². The molecule has 4 heteroatoms. The van der Waals surface area contributed by atoms with E-state index in [0.717, 1.165) is 17.0 Å². The molecular weight excluding hydrogens is 241 g/mol. The first-order valence-corrected chi connectivity index (χ1v) is 6.24. The number of aryl methyl sites for hydroxylation is 1. The van der Waals surface area contributed by atoms with Crippen LogP contribution < -0.4 is 5.73 Å². The molecule has 3 nitrogen and oxygen atoms in total. The fraction of sp³-hybridized carbons (Fsp3) is 0.333. The number of halogens is 1. The third kappa shape index (κ3) is 2.96. The van der Waals surface area contributed by atoms with E-state index in [9.17, 15) is 4.39 Å². The Hall–Kier alpha value is -1.81. The zero-order chi connectivity index (χ0) is 14.0. The maximum Gasteiger partial charge on any atom is 0.136 e. The second-order valence-electron chi connectivity index (χ2n) is 5.32. The van der Waals surface area contributed by atoms with Crippen molar-refractivity contribution in [3.05, 3.63) is 47.7 Å². The minimum Gasteiger partial charge on any atom is -0.329 e. The van der Waals surface area contributed by atoms with E-state index in [1.165, 1.54) is 12.1 Å². The van der Waals surface area contributed by atoms with E-state index in [1.807, 2.05) is 32.9 Å². The fourth-order valence-corrected chi connectivity index (χ4v) is 1.76. The molecule has 0 unspecified atom stereocenters. The molecule has 0 radical (unpaired) electrons. The van der Waals surface area contributed by atoms with Crippen LogP contribution in [-0.2, 0) is 5.41 Å². The third-order valence-electron chi connectivity index (χ3n) is 3.09. The van der Waals surface area contributed by atoms with E-state index < -0.39 is 0 Å². The standard InChI is InChI=1S/C15H18FN3/c1-10-7-13(11-5-4-6-12(16)8-11)19-14(18-10)15(2,3)9-17/h4-8H,9,17H2,1-3H3. The Labute approximate surface area is 112 Å². The van der Waals surface area contributed by atoms with Crippen LogP contribution in [0.25, 0.3) is 11.3 Å². The van der Waals surface area contributed by atoms with Crippen LogP contribution in [0.1, 0.15) is 25.4 Å². The summed E-state index contributed by atoms with van der Waals surface area (Å²) < 4.78 is 13.3. The summed E-state index contributed by atoms with van der Waals surface area (Å²) >= 11 is 0. The summed E-state index contributed by atoms with van der Waals surface area (Å²) in [7, 11) is 0. The molecule has 1 heterocycles. The summed E-state index contributed by atoms with van der Waals surface area (Å²) in [6, 6.07) is 8.26. The lowest BCUT2D eigenvalue weighted by molar-refractivity contribution is 0.501.